The van der Waals surface area contributed by atoms with E-state index in [1.54, 1.807) is 23.1 Å². The van der Waals surface area contributed by atoms with Crippen LogP contribution in [0.5, 0.6) is 0 Å². The van der Waals surface area contributed by atoms with Crippen molar-refractivity contribution < 1.29 is 9.18 Å². The second-order valence-corrected chi connectivity index (χ2v) is 6.26. The number of carbonyl (C=O) groups excluding carboxylic acids is 1. The fourth-order valence-corrected chi connectivity index (χ4v) is 3.82. The Hall–Kier alpha value is -2.34. The van der Waals surface area contributed by atoms with Gasteiger partial charge in [-0.05, 0) is 37.0 Å². The van der Waals surface area contributed by atoms with E-state index in [1.807, 2.05) is 0 Å². The number of aromatic nitrogens is 2. The second-order valence-electron chi connectivity index (χ2n) is 6.26. The molecule has 1 aromatic heterocycles. The first-order valence-corrected chi connectivity index (χ1v) is 7.77. The van der Waals surface area contributed by atoms with Gasteiger partial charge in [0.05, 0.1) is 11.1 Å². The quantitative estimate of drug-likeness (QED) is 0.918. The molecule has 2 N–H and O–H groups in total. The molecule has 4 rings (SSSR count). The predicted octanol–water partition coefficient (Wildman–Crippen LogP) is 1.84. The van der Waals surface area contributed by atoms with Gasteiger partial charge in [-0.3, -0.25) is 4.79 Å². The van der Waals surface area contributed by atoms with Crippen LogP contribution in [-0.2, 0) is 0 Å². The van der Waals surface area contributed by atoms with E-state index in [9.17, 15) is 9.18 Å². The molecule has 1 saturated heterocycles. The Morgan fingerprint density at radius 3 is 2.70 bits per heavy atom. The zero-order valence-electron chi connectivity index (χ0n) is 12.5. The van der Waals surface area contributed by atoms with Gasteiger partial charge in [0.25, 0.3) is 5.91 Å². The van der Waals surface area contributed by atoms with Crippen molar-refractivity contribution >= 4 is 5.91 Å². The largest absolute Gasteiger partial charge is 0.334 e. The number of carbonyl (C=O) groups is 1. The maximum absolute atomic E-state index is 14.4. The summed E-state index contributed by atoms with van der Waals surface area (Å²) in [6, 6.07) is 6.23. The van der Waals surface area contributed by atoms with Crippen LogP contribution in [0.4, 0.5) is 4.39 Å². The summed E-state index contributed by atoms with van der Waals surface area (Å²) in [5, 5.41) is 0. The Labute approximate surface area is 133 Å². The number of amides is 1. The molecule has 3 unspecified atom stereocenters. The summed E-state index contributed by atoms with van der Waals surface area (Å²) in [7, 11) is 0. The normalized spacial score (nSPS) is 25.8. The Morgan fingerprint density at radius 2 is 2.00 bits per heavy atom. The summed E-state index contributed by atoms with van der Waals surface area (Å²) in [5.41, 5.74) is 6.58. The van der Waals surface area contributed by atoms with Gasteiger partial charge in [-0.2, -0.15) is 0 Å². The molecule has 1 amide bonds. The van der Waals surface area contributed by atoms with Crippen LogP contribution in [0.1, 0.15) is 23.2 Å². The van der Waals surface area contributed by atoms with Crippen LogP contribution < -0.4 is 5.73 Å². The lowest BCUT2D eigenvalue weighted by Gasteiger charge is -2.31. The molecule has 1 saturated carbocycles. The van der Waals surface area contributed by atoms with Crippen molar-refractivity contribution in [2.24, 2.45) is 11.7 Å². The topological polar surface area (TPSA) is 72.1 Å². The molecule has 1 aliphatic carbocycles. The molecule has 2 fully saturated rings. The van der Waals surface area contributed by atoms with E-state index in [4.69, 9.17) is 5.73 Å². The van der Waals surface area contributed by atoms with Crippen LogP contribution in [0.15, 0.2) is 36.7 Å². The molecule has 1 aliphatic heterocycles. The third-order valence-corrected chi connectivity index (χ3v) is 4.82. The number of nitrogens with two attached hydrogens (primary N) is 1. The molecular formula is C17H17FN4O. The van der Waals surface area contributed by atoms with Crippen LogP contribution >= 0.6 is 0 Å². The Morgan fingerprint density at radius 1 is 1.22 bits per heavy atom. The van der Waals surface area contributed by atoms with Crippen molar-refractivity contribution in [2.45, 2.75) is 24.9 Å². The molecule has 1 aromatic carbocycles. The van der Waals surface area contributed by atoms with Gasteiger partial charge in [-0.1, -0.05) is 6.07 Å². The first-order chi connectivity index (χ1) is 11.1. The molecule has 2 aliphatic rings. The first-order valence-electron chi connectivity index (χ1n) is 7.77. The number of piperidine rings is 1. The van der Waals surface area contributed by atoms with Crippen LogP contribution in [0.2, 0.25) is 0 Å². The molecule has 0 spiro atoms. The Balaban J connectivity index is 1.75. The number of rotatable bonds is 2. The SMILES string of the molecule is NC1CC2CC1N(C(=O)c1cccc(F)c1-c1ncccn1)C2. The monoisotopic (exact) mass is 312 g/mol. The number of nitrogens with zero attached hydrogens (tertiary/aromatic N) is 3. The minimum Gasteiger partial charge on any atom is -0.334 e. The lowest BCUT2D eigenvalue weighted by atomic mass is 10.0. The molecule has 5 nitrogen and oxygen atoms in total. The Kier molecular flexibility index (Phi) is 3.34. The number of hydrogen-bond donors (Lipinski definition) is 1. The number of benzene rings is 1. The Bertz CT molecular complexity index is 752. The minimum atomic E-state index is -0.490. The van der Waals surface area contributed by atoms with Crippen LogP contribution in [0.25, 0.3) is 11.4 Å². The van der Waals surface area contributed by atoms with Crippen molar-refractivity contribution in [3.63, 3.8) is 0 Å². The van der Waals surface area contributed by atoms with E-state index in [-0.39, 0.29) is 29.4 Å². The van der Waals surface area contributed by atoms with Crippen LogP contribution in [-0.4, -0.2) is 39.4 Å². The summed E-state index contributed by atoms with van der Waals surface area (Å²) in [6.45, 7) is 0.697. The third kappa shape index (κ3) is 2.30. The van der Waals surface area contributed by atoms with Gasteiger partial charge < -0.3 is 10.6 Å². The highest BCUT2D eigenvalue weighted by Crippen LogP contribution is 2.38. The van der Waals surface area contributed by atoms with E-state index in [0.29, 0.717) is 18.0 Å². The van der Waals surface area contributed by atoms with Crippen molar-refractivity contribution in [1.29, 1.82) is 0 Å². The molecule has 3 atom stereocenters. The van der Waals surface area contributed by atoms with E-state index in [2.05, 4.69) is 9.97 Å². The molecule has 2 bridgehead atoms. The minimum absolute atomic E-state index is 0.0164. The number of fused-ring (bicyclic) bond motifs is 2. The lowest BCUT2D eigenvalue weighted by molar-refractivity contribution is 0.0685. The maximum atomic E-state index is 14.4. The highest BCUT2D eigenvalue weighted by atomic mass is 19.1. The zero-order valence-corrected chi connectivity index (χ0v) is 12.5. The average Bonchev–Trinajstić information content (AvgIpc) is 3.14. The molecule has 2 aromatic rings. The van der Waals surface area contributed by atoms with Gasteiger partial charge in [0.15, 0.2) is 5.82 Å². The lowest BCUT2D eigenvalue weighted by Crippen LogP contribution is -2.48. The van der Waals surface area contributed by atoms with Gasteiger partial charge in [0.1, 0.15) is 5.82 Å². The average molecular weight is 312 g/mol. The zero-order chi connectivity index (χ0) is 16.0. The molecule has 2 heterocycles. The highest BCUT2D eigenvalue weighted by molar-refractivity contribution is 6.00. The van der Waals surface area contributed by atoms with Crippen molar-refractivity contribution in [1.82, 2.24) is 14.9 Å². The van der Waals surface area contributed by atoms with Gasteiger partial charge in [-0.25, -0.2) is 14.4 Å². The highest BCUT2D eigenvalue weighted by Gasteiger charge is 2.45. The molecule has 0 radical (unpaired) electrons. The third-order valence-electron chi connectivity index (χ3n) is 4.82. The van der Waals surface area contributed by atoms with E-state index < -0.39 is 5.82 Å². The predicted molar refractivity (Wildman–Crippen MR) is 82.9 cm³/mol. The summed E-state index contributed by atoms with van der Waals surface area (Å²) in [4.78, 5) is 23.0. The maximum Gasteiger partial charge on any atom is 0.255 e. The first kappa shape index (κ1) is 14.3. The van der Waals surface area contributed by atoms with E-state index >= 15 is 0 Å². The van der Waals surface area contributed by atoms with Crippen LogP contribution in [0.3, 0.4) is 0 Å². The molecular weight excluding hydrogens is 295 g/mol. The number of likely N-dealkylation sites (tertiary alicyclic amines) is 1. The van der Waals surface area contributed by atoms with Gasteiger partial charge in [-0.15, -0.1) is 0 Å². The molecule has 118 valence electrons. The smallest absolute Gasteiger partial charge is 0.255 e. The van der Waals surface area contributed by atoms with E-state index in [1.165, 1.54) is 18.5 Å². The van der Waals surface area contributed by atoms with Gasteiger partial charge in [0, 0.05) is 31.0 Å². The van der Waals surface area contributed by atoms with Crippen molar-refractivity contribution in [3.05, 3.63) is 48.0 Å². The number of hydrogen-bond acceptors (Lipinski definition) is 4. The summed E-state index contributed by atoms with van der Waals surface area (Å²) >= 11 is 0. The molecule has 6 heteroatoms. The molecule has 23 heavy (non-hydrogen) atoms. The van der Waals surface area contributed by atoms with Crippen LogP contribution in [0, 0.1) is 11.7 Å². The van der Waals surface area contributed by atoms with E-state index in [0.717, 1.165) is 12.8 Å². The fourth-order valence-electron chi connectivity index (χ4n) is 3.82. The summed E-state index contributed by atoms with van der Waals surface area (Å²) in [5.74, 6) is 0.0110. The van der Waals surface area contributed by atoms with Gasteiger partial charge >= 0.3 is 0 Å². The van der Waals surface area contributed by atoms with Gasteiger partial charge in [0.2, 0.25) is 0 Å². The number of halogens is 1. The second kappa shape index (κ2) is 5.38. The van der Waals surface area contributed by atoms with Crippen molar-refractivity contribution in [3.8, 4) is 11.4 Å². The summed E-state index contributed by atoms with van der Waals surface area (Å²) in [6.07, 6.45) is 4.99. The standard InChI is InChI=1S/C17H17FN4O/c18-12-4-1-3-11(15(12)16-20-5-2-6-21-16)17(23)22-9-10-7-13(19)14(22)8-10/h1-6,10,13-14H,7-9,19H2. The van der Waals surface area contributed by atoms with Crippen molar-refractivity contribution in [2.75, 3.05) is 6.54 Å². The summed E-state index contributed by atoms with van der Waals surface area (Å²) < 4.78 is 14.4. The fraction of sp³-hybridized carbons (Fsp3) is 0.353.